The fraction of sp³-hybridized carbons (Fsp3) is 0.500. The molecule has 1 fully saturated rings. The summed E-state index contributed by atoms with van der Waals surface area (Å²) in [5.74, 6) is -0.614. The van der Waals surface area contributed by atoms with Crippen LogP contribution in [0.15, 0.2) is 12.3 Å². The summed E-state index contributed by atoms with van der Waals surface area (Å²) in [6.07, 6.45) is 1.30. The summed E-state index contributed by atoms with van der Waals surface area (Å²) in [7, 11) is -0.819. The van der Waals surface area contributed by atoms with Crippen LogP contribution in [0.5, 0.6) is 0 Å². The highest BCUT2D eigenvalue weighted by Crippen LogP contribution is 2.36. The predicted octanol–water partition coefficient (Wildman–Crippen LogP) is 1.39. The highest BCUT2D eigenvalue weighted by Gasteiger charge is 2.53. The van der Waals surface area contributed by atoms with Crippen LogP contribution in [0.1, 0.15) is 33.3 Å². The number of nitrogens with zero attached hydrogens (tertiary/aromatic N) is 2. The first kappa shape index (κ1) is 13.0. The Morgan fingerprint density at radius 1 is 1.28 bits per heavy atom. The second-order valence-electron chi connectivity index (χ2n) is 5.25. The molecule has 0 aliphatic carbocycles. The van der Waals surface area contributed by atoms with Crippen molar-refractivity contribution in [3.8, 4) is 6.07 Å². The summed E-state index contributed by atoms with van der Waals surface area (Å²) in [4.78, 5) is 4.01. The molecular formula is C12H14BFN2O2. The van der Waals surface area contributed by atoms with Gasteiger partial charge in [0.25, 0.3) is 0 Å². The van der Waals surface area contributed by atoms with E-state index in [-0.39, 0.29) is 11.2 Å². The van der Waals surface area contributed by atoms with Gasteiger partial charge in [-0.15, -0.1) is 0 Å². The fourth-order valence-electron chi connectivity index (χ4n) is 1.70. The van der Waals surface area contributed by atoms with Gasteiger partial charge in [-0.05, 0) is 33.8 Å². The van der Waals surface area contributed by atoms with Crippen molar-refractivity contribution in [3.63, 3.8) is 0 Å². The molecule has 18 heavy (non-hydrogen) atoms. The fourth-order valence-corrected chi connectivity index (χ4v) is 1.70. The van der Waals surface area contributed by atoms with E-state index in [1.807, 2.05) is 27.7 Å². The van der Waals surface area contributed by atoms with Gasteiger partial charge in [0.15, 0.2) is 0 Å². The Kier molecular flexibility index (Phi) is 2.92. The molecule has 0 atom stereocenters. The van der Waals surface area contributed by atoms with Crippen LogP contribution in [-0.2, 0) is 9.31 Å². The Morgan fingerprint density at radius 3 is 2.33 bits per heavy atom. The number of hydrogen-bond acceptors (Lipinski definition) is 4. The molecule has 1 aromatic rings. The molecule has 2 rings (SSSR count). The minimum absolute atomic E-state index is 0.129. The average molecular weight is 248 g/mol. The Hall–Kier alpha value is -1.45. The summed E-state index contributed by atoms with van der Waals surface area (Å²) in [6, 6.07) is 2.94. The lowest BCUT2D eigenvalue weighted by atomic mass is 9.81. The van der Waals surface area contributed by atoms with E-state index in [2.05, 4.69) is 4.98 Å². The summed E-state index contributed by atoms with van der Waals surface area (Å²) < 4.78 is 25.0. The molecule has 94 valence electrons. The van der Waals surface area contributed by atoms with Crippen LogP contribution < -0.4 is 5.59 Å². The zero-order valence-corrected chi connectivity index (χ0v) is 10.8. The van der Waals surface area contributed by atoms with Crippen LogP contribution in [0.25, 0.3) is 0 Å². The molecule has 0 spiro atoms. The molecule has 1 aliphatic heterocycles. The third kappa shape index (κ3) is 1.90. The van der Waals surface area contributed by atoms with Gasteiger partial charge in [0.1, 0.15) is 17.4 Å². The Morgan fingerprint density at radius 2 is 1.83 bits per heavy atom. The first-order chi connectivity index (χ1) is 8.28. The maximum Gasteiger partial charge on any atom is 0.516 e. The zero-order chi connectivity index (χ0) is 13.6. The van der Waals surface area contributed by atoms with E-state index in [1.165, 1.54) is 6.20 Å². The minimum atomic E-state index is -0.819. The number of nitriles is 1. The molecule has 0 amide bonds. The van der Waals surface area contributed by atoms with Crippen LogP contribution >= 0.6 is 0 Å². The monoisotopic (exact) mass is 248 g/mol. The lowest BCUT2D eigenvalue weighted by molar-refractivity contribution is 0.00578. The Bertz CT molecular complexity index is 509. The average Bonchev–Trinajstić information content (AvgIpc) is 2.47. The second kappa shape index (κ2) is 4.04. The highest BCUT2D eigenvalue weighted by atomic mass is 19.1. The molecule has 0 N–H and O–H groups in total. The SMILES string of the molecule is CC1(C)OB(c2nccc(F)c2C#N)OC1(C)C. The van der Waals surface area contributed by atoms with Crippen molar-refractivity contribution in [3.05, 3.63) is 23.6 Å². The van der Waals surface area contributed by atoms with Gasteiger partial charge in [-0.3, -0.25) is 4.98 Å². The van der Waals surface area contributed by atoms with Crippen molar-refractivity contribution in [2.24, 2.45) is 0 Å². The van der Waals surface area contributed by atoms with Crippen molar-refractivity contribution in [2.45, 2.75) is 38.9 Å². The van der Waals surface area contributed by atoms with Crippen LogP contribution in [0.2, 0.25) is 0 Å². The largest absolute Gasteiger partial charge is 0.516 e. The number of aromatic nitrogens is 1. The van der Waals surface area contributed by atoms with Crippen LogP contribution in [-0.4, -0.2) is 23.3 Å². The van der Waals surface area contributed by atoms with Crippen molar-refractivity contribution in [1.82, 2.24) is 4.98 Å². The van der Waals surface area contributed by atoms with Gasteiger partial charge in [-0.1, -0.05) is 0 Å². The number of pyridine rings is 1. The summed E-state index contributed by atoms with van der Waals surface area (Å²) in [5, 5.41) is 8.98. The van der Waals surface area contributed by atoms with Crippen molar-refractivity contribution in [2.75, 3.05) is 0 Å². The third-order valence-corrected chi connectivity index (χ3v) is 3.52. The summed E-state index contributed by atoms with van der Waals surface area (Å²) in [5.41, 5.74) is -1.02. The van der Waals surface area contributed by atoms with Crippen LogP contribution in [0.4, 0.5) is 4.39 Å². The topological polar surface area (TPSA) is 55.1 Å². The van der Waals surface area contributed by atoms with E-state index in [0.717, 1.165) is 6.07 Å². The van der Waals surface area contributed by atoms with E-state index in [9.17, 15) is 4.39 Å². The van der Waals surface area contributed by atoms with Gasteiger partial charge in [-0.2, -0.15) is 5.26 Å². The first-order valence-electron chi connectivity index (χ1n) is 5.68. The van der Waals surface area contributed by atoms with E-state index < -0.39 is 24.1 Å². The molecule has 0 aromatic carbocycles. The molecular weight excluding hydrogens is 234 g/mol. The smallest absolute Gasteiger partial charge is 0.398 e. The lowest BCUT2D eigenvalue weighted by Gasteiger charge is -2.32. The molecule has 0 unspecified atom stereocenters. The second-order valence-corrected chi connectivity index (χ2v) is 5.25. The number of rotatable bonds is 1. The zero-order valence-electron chi connectivity index (χ0n) is 10.8. The first-order valence-corrected chi connectivity index (χ1v) is 5.68. The summed E-state index contributed by atoms with van der Waals surface area (Å²) >= 11 is 0. The third-order valence-electron chi connectivity index (χ3n) is 3.52. The van der Waals surface area contributed by atoms with Gasteiger partial charge >= 0.3 is 7.12 Å². The maximum atomic E-state index is 13.5. The van der Waals surface area contributed by atoms with Crippen molar-refractivity contribution < 1.29 is 13.7 Å². The quantitative estimate of drug-likeness (QED) is 0.704. The number of halogens is 1. The lowest BCUT2D eigenvalue weighted by Crippen LogP contribution is -2.41. The van der Waals surface area contributed by atoms with Gasteiger partial charge < -0.3 is 9.31 Å². The maximum absolute atomic E-state index is 13.5. The van der Waals surface area contributed by atoms with Gasteiger partial charge in [0, 0.05) is 6.20 Å². The molecule has 1 aliphatic rings. The molecule has 1 saturated heterocycles. The number of hydrogen-bond donors (Lipinski definition) is 0. The molecule has 0 radical (unpaired) electrons. The standard InChI is InChI=1S/C12H14BFN2O2/c1-11(2)12(3,4)18-13(17-11)10-8(7-15)9(14)5-6-16-10/h5-6H,1-4H3. The van der Waals surface area contributed by atoms with Gasteiger partial charge in [0.2, 0.25) is 0 Å². The minimum Gasteiger partial charge on any atom is -0.398 e. The van der Waals surface area contributed by atoms with E-state index in [4.69, 9.17) is 14.6 Å². The van der Waals surface area contributed by atoms with Crippen molar-refractivity contribution >= 4 is 12.7 Å². The molecule has 0 saturated carbocycles. The molecule has 2 heterocycles. The van der Waals surface area contributed by atoms with E-state index in [0.29, 0.717) is 0 Å². The van der Waals surface area contributed by atoms with Gasteiger partial charge in [-0.25, -0.2) is 4.39 Å². The molecule has 1 aromatic heterocycles. The Labute approximate surface area is 106 Å². The van der Waals surface area contributed by atoms with Gasteiger partial charge in [0.05, 0.1) is 16.8 Å². The highest BCUT2D eigenvalue weighted by molar-refractivity contribution is 6.61. The molecule has 4 nitrogen and oxygen atoms in total. The van der Waals surface area contributed by atoms with E-state index in [1.54, 1.807) is 6.07 Å². The molecule has 0 bridgehead atoms. The molecule has 6 heteroatoms. The van der Waals surface area contributed by atoms with E-state index >= 15 is 0 Å². The Balaban J connectivity index is 2.42. The van der Waals surface area contributed by atoms with Crippen molar-refractivity contribution in [1.29, 1.82) is 5.26 Å². The van der Waals surface area contributed by atoms with Crippen LogP contribution in [0, 0.1) is 17.1 Å². The normalized spacial score (nSPS) is 20.8. The van der Waals surface area contributed by atoms with Crippen LogP contribution in [0.3, 0.4) is 0 Å². The summed E-state index contributed by atoms with van der Waals surface area (Å²) in [6.45, 7) is 7.55. The predicted molar refractivity (Wildman–Crippen MR) is 64.6 cm³/mol.